The zero-order valence-corrected chi connectivity index (χ0v) is 15.8. The summed E-state index contributed by atoms with van der Waals surface area (Å²) in [5.41, 5.74) is 0.0307. The number of carbonyl (C=O) groups excluding carboxylic acids is 3. The third kappa shape index (κ3) is 6.98. The van der Waals surface area contributed by atoms with Crippen molar-refractivity contribution in [3.63, 3.8) is 0 Å². The lowest BCUT2D eigenvalue weighted by Crippen LogP contribution is -2.45. The van der Waals surface area contributed by atoms with Gasteiger partial charge < -0.3 is 15.4 Å². The summed E-state index contributed by atoms with van der Waals surface area (Å²) in [5.74, 6) is -1.35. The topological polar surface area (TPSA) is 84.5 Å². The Labute approximate surface area is 149 Å². The number of benzene rings is 1. The summed E-state index contributed by atoms with van der Waals surface area (Å²) in [7, 11) is 0. The van der Waals surface area contributed by atoms with E-state index in [1.165, 1.54) is 6.92 Å². The molecule has 0 fully saturated rings. The van der Waals surface area contributed by atoms with Gasteiger partial charge in [0.2, 0.25) is 5.91 Å². The largest absolute Gasteiger partial charge is 0.454 e. The number of carbonyl (C=O) groups is 3. The van der Waals surface area contributed by atoms with Gasteiger partial charge in [0.25, 0.3) is 5.91 Å². The molecule has 0 aliphatic carbocycles. The van der Waals surface area contributed by atoms with Gasteiger partial charge in [-0.3, -0.25) is 9.59 Å². The summed E-state index contributed by atoms with van der Waals surface area (Å²) < 4.78 is 5.90. The van der Waals surface area contributed by atoms with Gasteiger partial charge in [-0.1, -0.05) is 26.8 Å². The Bertz CT molecular complexity index is 596. The van der Waals surface area contributed by atoms with Gasteiger partial charge in [0.1, 0.15) is 6.04 Å². The molecule has 23 heavy (non-hydrogen) atoms. The highest BCUT2D eigenvalue weighted by Crippen LogP contribution is 2.13. The average molecular weight is 432 g/mol. The van der Waals surface area contributed by atoms with Crippen LogP contribution in [0.25, 0.3) is 0 Å². The Morgan fingerprint density at radius 2 is 1.91 bits per heavy atom. The van der Waals surface area contributed by atoms with Crippen molar-refractivity contribution >= 4 is 46.1 Å². The van der Waals surface area contributed by atoms with Gasteiger partial charge in [-0.25, -0.2) is 4.79 Å². The van der Waals surface area contributed by atoms with Gasteiger partial charge in [-0.05, 0) is 47.7 Å². The first-order chi connectivity index (χ1) is 10.6. The second-order valence-electron chi connectivity index (χ2n) is 6.11. The summed E-state index contributed by atoms with van der Waals surface area (Å²) in [4.78, 5) is 35.3. The Kier molecular flexibility index (Phi) is 6.99. The van der Waals surface area contributed by atoms with Gasteiger partial charge in [0.15, 0.2) is 6.61 Å². The molecule has 1 unspecified atom stereocenters. The van der Waals surface area contributed by atoms with E-state index < -0.39 is 29.9 Å². The van der Waals surface area contributed by atoms with Gasteiger partial charge in [0, 0.05) is 14.7 Å². The molecule has 1 aromatic rings. The third-order valence-corrected chi connectivity index (χ3v) is 3.51. The monoisotopic (exact) mass is 432 g/mol. The normalized spacial score (nSPS) is 12.2. The number of rotatable bonds is 5. The Morgan fingerprint density at radius 3 is 2.48 bits per heavy atom. The quantitative estimate of drug-likeness (QED) is 0.553. The number of amides is 2. The van der Waals surface area contributed by atoms with E-state index in [2.05, 4.69) is 33.2 Å². The van der Waals surface area contributed by atoms with Crippen LogP contribution in [0.2, 0.25) is 0 Å². The fraction of sp³-hybridized carbons (Fsp3) is 0.438. The highest BCUT2D eigenvalue weighted by Gasteiger charge is 2.26. The van der Waals surface area contributed by atoms with E-state index in [1.807, 2.05) is 12.1 Å². The van der Waals surface area contributed by atoms with Crippen molar-refractivity contribution in [3.05, 3.63) is 27.8 Å². The molecule has 0 spiro atoms. The maximum Gasteiger partial charge on any atom is 0.328 e. The van der Waals surface area contributed by atoms with E-state index in [-0.39, 0.29) is 5.91 Å². The van der Waals surface area contributed by atoms with Crippen LogP contribution in [0.3, 0.4) is 0 Å². The molecule has 0 aromatic heterocycles. The molecule has 0 saturated carbocycles. The van der Waals surface area contributed by atoms with E-state index >= 15 is 0 Å². The minimum Gasteiger partial charge on any atom is -0.454 e. The minimum atomic E-state index is -0.813. The van der Waals surface area contributed by atoms with Crippen molar-refractivity contribution in [3.8, 4) is 0 Å². The van der Waals surface area contributed by atoms with Crippen LogP contribution in [-0.4, -0.2) is 30.4 Å². The van der Waals surface area contributed by atoms with Crippen LogP contribution >= 0.6 is 22.6 Å². The zero-order valence-electron chi connectivity index (χ0n) is 13.6. The standard InChI is InChI=1S/C16H21IN2O4/c1-10(18-15(22)16(2,3)4)14(21)23-9-13(20)19-12-7-5-6-11(17)8-12/h5-8,10H,9H2,1-4H3,(H,18,22)(H,19,20). The Morgan fingerprint density at radius 1 is 1.26 bits per heavy atom. The van der Waals surface area contributed by atoms with Crippen LogP contribution in [-0.2, 0) is 19.1 Å². The molecule has 2 amide bonds. The van der Waals surface area contributed by atoms with Gasteiger partial charge in [-0.2, -0.15) is 0 Å². The molecule has 2 N–H and O–H groups in total. The molecule has 0 heterocycles. The molecule has 0 saturated heterocycles. The van der Waals surface area contributed by atoms with E-state index in [0.717, 1.165) is 3.57 Å². The maximum absolute atomic E-state index is 11.8. The Balaban J connectivity index is 2.43. The average Bonchev–Trinajstić information content (AvgIpc) is 2.43. The molecule has 0 aliphatic heterocycles. The first kappa shape index (κ1) is 19.4. The summed E-state index contributed by atoms with van der Waals surface area (Å²) >= 11 is 2.13. The minimum absolute atomic E-state index is 0.259. The van der Waals surface area contributed by atoms with Crippen LogP contribution in [0.1, 0.15) is 27.7 Å². The second kappa shape index (κ2) is 8.28. The van der Waals surface area contributed by atoms with Crippen molar-refractivity contribution < 1.29 is 19.1 Å². The highest BCUT2D eigenvalue weighted by molar-refractivity contribution is 14.1. The molecular weight excluding hydrogens is 411 g/mol. The molecule has 6 nitrogen and oxygen atoms in total. The zero-order chi connectivity index (χ0) is 17.6. The highest BCUT2D eigenvalue weighted by atomic mass is 127. The number of anilines is 1. The van der Waals surface area contributed by atoms with E-state index in [1.54, 1.807) is 32.9 Å². The van der Waals surface area contributed by atoms with E-state index in [0.29, 0.717) is 5.69 Å². The van der Waals surface area contributed by atoms with Gasteiger partial charge >= 0.3 is 5.97 Å². The first-order valence-corrected chi connectivity index (χ1v) is 8.20. The third-order valence-electron chi connectivity index (χ3n) is 2.84. The molecule has 0 radical (unpaired) electrons. The lowest BCUT2D eigenvalue weighted by Gasteiger charge is -2.20. The molecule has 0 bridgehead atoms. The summed E-state index contributed by atoms with van der Waals surface area (Å²) in [5, 5.41) is 5.19. The van der Waals surface area contributed by atoms with Crippen molar-refractivity contribution in [1.82, 2.24) is 5.32 Å². The smallest absolute Gasteiger partial charge is 0.328 e. The van der Waals surface area contributed by atoms with Crippen molar-refractivity contribution in [2.45, 2.75) is 33.7 Å². The molecule has 126 valence electrons. The molecule has 0 aliphatic rings. The lowest BCUT2D eigenvalue weighted by molar-refractivity contribution is -0.150. The van der Waals surface area contributed by atoms with Crippen LogP contribution in [0.4, 0.5) is 5.69 Å². The SMILES string of the molecule is CC(NC(=O)C(C)(C)C)C(=O)OCC(=O)Nc1cccc(I)c1. The molecule has 1 atom stereocenters. The lowest BCUT2D eigenvalue weighted by atomic mass is 9.95. The maximum atomic E-state index is 11.8. The number of esters is 1. The molecular formula is C16H21IN2O4. The fourth-order valence-corrected chi connectivity index (χ4v) is 2.04. The molecule has 1 rings (SSSR count). The number of halogens is 1. The van der Waals surface area contributed by atoms with E-state index in [9.17, 15) is 14.4 Å². The number of hydrogen-bond donors (Lipinski definition) is 2. The number of nitrogens with one attached hydrogen (secondary N) is 2. The van der Waals surface area contributed by atoms with Gasteiger partial charge in [-0.15, -0.1) is 0 Å². The van der Waals surface area contributed by atoms with Crippen molar-refractivity contribution in [2.75, 3.05) is 11.9 Å². The van der Waals surface area contributed by atoms with Crippen molar-refractivity contribution in [2.24, 2.45) is 5.41 Å². The summed E-state index contributed by atoms with van der Waals surface area (Å²) in [6, 6.07) is 6.44. The second-order valence-corrected chi connectivity index (χ2v) is 7.36. The summed E-state index contributed by atoms with van der Waals surface area (Å²) in [6.07, 6.45) is 0. The first-order valence-electron chi connectivity index (χ1n) is 7.12. The van der Waals surface area contributed by atoms with Crippen LogP contribution in [0.5, 0.6) is 0 Å². The number of ether oxygens (including phenoxy) is 1. The van der Waals surface area contributed by atoms with Gasteiger partial charge in [0.05, 0.1) is 0 Å². The van der Waals surface area contributed by atoms with Crippen LogP contribution < -0.4 is 10.6 Å². The van der Waals surface area contributed by atoms with E-state index in [4.69, 9.17) is 4.74 Å². The summed E-state index contributed by atoms with van der Waals surface area (Å²) in [6.45, 7) is 6.35. The number of hydrogen-bond acceptors (Lipinski definition) is 4. The predicted molar refractivity (Wildman–Crippen MR) is 95.8 cm³/mol. The molecule has 7 heteroatoms. The fourth-order valence-electron chi connectivity index (χ4n) is 1.50. The van der Waals surface area contributed by atoms with Crippen LogP contribution in [0, 0.1) is 8.99 Å². The Hall–Kier alpha value is -1.64. The predicted octanol–water partition coefficient (Wildman–Crippen LogP) is 2.32. The molecule has 1 aromatic carbocycles. The van der Waals surface area contributed by atoms with Crippen LogP contribution in [0.15, 0.2) is 24.3 Å². The van der Waals surface area contributed by atoms with Crippen molar-refractivity contribution in [1.29, 1.82) is 0 Å².